The van der Waals surface area contributed by atoms with Crippen molar-refractivity contribution in [1.82, 2.24) is 9.80 Å². The summed E-state index contributed by atoms with van der Waals surface area (Å²) in [5, 5.41) is 0. The first kappa shape index (κ1) is 22.0. The van der Waals surface area contributed by atoms with Gasteiger partial charge in [0.15, 0.2) is 9.84 Å². The Morgan fingerprint density at radius 3 is 2.10 bits per heavy atom. The number of amides is 2. The van der Waals surface area contributed by atoms with E-state index in [-0.39, 0.29) is 24.7 Å². The summed E-state index contributed by atoms with van der Waals surface area (Å²) in [5.41, 5.74) is 1.46. The van der Waals surface area contributed by atoms with E-state index in [9.17, 15) is 22.4 Å². The molecule has 0 aromatic heterocycles. The summed E-state index contributed by atoms with van der Waals surface area (Å²) >= 11 is 0. The van der Waals surface area contributed by atoms with Crippen molar-refractivity contribution in [3.63, 3.8) is 0 Å². The highest BCUT2D eigenvalue weighted by Crippen LogP contribution is 2.11. The van der Waals surface area contributed by atoms with Crippen molar-refractivity contribution in [2.75, 3.05) is 37.7 Å². The van der Waals surface area contributed by atoms with Crippen LogP contribution in [0, 0.1) is 5.82 Å². The Kier molecular flexibility index (Phi) is 7.20. The summed E-state index contributed by atoms with van der Waals surface area (Å²) in [6.07, 6.45) is 1.12. The molecule has 6 nitrogen and oxygen atoms in total. The standard InChI is InChI=1S/C22H25FN2O4S/c23-20-10-8-19(9-11-20)22(27)25-14-12-24(13-15-25)21(26)17-30(28,29)16-4-7-18-5-2-1-3-6-18/h1-3,5-6,8-11H,4,7,12-17H2. The quantitative estimate of drug-likeness (QED) is 0.672. The average Bonchev–Trinajstić information content (AvgIpc) is 2.74. The fourth-order valence-electron chi connectivity index (χ4n) is 3.43. The predicted molar refractivity (Wildman–Crippen MR) is 112 cm³/mol. The number of aryl methyl sites for hydroxylation is 1. The van der Waals surface area contributed by atoms with Gasteiger partial charge in [0, 0.05) is 31.7 Å². The zero-order valence-electron chi connectivity index (χ0n) is 16.7. The Morgan fingerprint density at radius 2 is 1.47 bits per heavy atom. The van der Waals surface area contributed by atoms with Gasteiger partial charge < -0.3 is 9.80 Å². The molecule has 0 radical (unpaired) electrons. The van der Waals surface area contributed by atoms with Crippen LogP contribution in [-0.4, -0.2) is 67.7 Å². The van der Waals surface area contributed by atoms with E-state index in [0.29, 0.717) is 31.5 Å². The monoisotopic (exact) mass is 432 g/mol. The van der Waals surface area contributed by atoms with Crippen molar-refractivity contribution >= 4 is 21.7 Å². The van der Waals surface area contributed by atoms with Gasteiger partial charge in [-0.25, -0.2) is 12.8 Å². The number of rotatable bonds is 7. The van der Waals surface area contributed by atoms with Gasteiger partial charge in [0.1, 0.15) is 11.6 Å². The van der Waals surface area contributed by atoms with Gasteiger partial charge in [0.25, 0.3) is 5.91 Å². The molecule has 3 rings (SSSR count). The number of hydrogen-bond acceptors (Lipinski definition) is 4. The molecule has 0 aliphatic carbocycles. The van der Waals surface area contributed by atoms with Crippen molar-refractivity contribution in [2.45, 2.75) is 12.8 Å². The highest BCUT2D eigenvalue weighted by molar-refractivity contribution is 7.92. The molecule has 1 fully saturated rings. The van der Waals surface area contributed by atoms with E-state index in [1.807, 2.05) is 30.3 Å². The lowest BCUT2D eigenvalue weighted by Crippen LogP contribution is -2.51. The van der Waals surface area contributed by atoms with Crippen LogP contribution < -0.4 is 0 Å². The van der Waals surface area contributed by atoms with Gasteiger partial charge in [-0.1, -0.05) is 30.3 Å². The fourth-order valence-corrected chi connectivity index (χ4v) is 4.71. The molecule has 1 saturated heterocycles. The molecule has 0 bridgehead atoms. The number of piperazine rings is 1. The third-order valence-electron chi connectivity index (χ3n) is 5.12. The fraction of sp³-hybridized carbons (Fsp3) is 0.364. The largest absolute Gasteiger partial charge is 0.338 e. The van der Waals surface area contributed by atoms with Crippen molar-refractivity contribution in [3.8, 4) is 0 Å². The smallest absolute Gasteiger partial charge is 0.253 e. The summed E-state index contributed by atoms with van der Waals surface area (Å²) < 4.78 is 37.6. The van der Waals surface area contributed by atoms with Gasteiger partial charge in [-0.15, -0.1) is 0 Å². The van der Waals surface area contributed by atoms with Crippen LogP contribution in [-0.2, 0) is 21.1 Å². The summed E-state index contributed by atoms with van der Waals surface area (Å²) in [5.74, 6) is -1.60. The molecule has 1 heterocycles. The van der Waals surface area contributed by atoms with Crippen LogP contribution in [0.3, 0.4) is 0 Å². The Bertz CT molecular complexity index is 970. The van der Waals surface area contributed by atoms with Gasteiger partial charge in [0.05, 0.1) is 5.75 Å². The van der Waals surface area contributed by atoms with Crippen LogP contribution in [0.5, 0.6) is 0 Å². The second-order valence-corrected chi connectivity index (χ2v) is 9.55. The van der Waals surface area contributed by atoms with Crippen LogP contribution >= 0.6 is 0 Å². The average molecular weight is 433 g/mol. The molecule has 0 atom stereocenters. The molecule has 8 heteroatoms. The summed E-state index contributed by atoms with van der Waals surface area (Å²) in [7, 11) is -3.48. The van der Waals surface area contributed by atoms with E-state index in [2.05, 4.69) is 0 Å². The lowest BCUT2D eigenvalue weighted by Gasteiger charge is -2.34. The Hall–Kier alpha value is -2.74. The van der Waals surface area contributed by atoms with Crippen LogP contribution in [0.15, 0.2) is 54.6 Å². The molecule has 2 aromatic carbocycles. The summed E-state index contributed by atoms with van der Waals surface area (Å²) in [6.45, 7) is 1.20. The van der Waals surface area contributed by atoms with E-state index < -0.39 is 27.3 Å². The number of benzene rings is 2. The number of hydrogen-bond donors (Lipinski definition) is 0. The second kappa shape index (κ2) is 9.84. The Morgan fingerprint density at radius 1 is 0.867 bits per heavy atom. The minimum absolute atomic E-state index is 0.0311. The van der Waals surface area contributed by atoms with E-state index in [4.69, 9.17) is 0 Å². The van der Waals surface area contributed by atoms with Gasteiger partial charge in [-0.3, -0.25) is 9.59 Å². The molecule has 0 saturated carbocycles. The molecular weight excluding hydrogens is 407 g/mol. The van der Waals surface area contributed by atoms with Crippen molar-refractivity contribution < 1.29 is 22.4 Å². The minimum Gasteiger partial charge on any atom is -0.338 e. The molecule has 1 aliphatic heterocycles. The molecule has 160 valence electrons. The number of sulfone groups is 1. The number of halogens is 1. The van der Waals surface area contributed by atoms with Crippen LogP contribution in [0.1, 0.15) is 22.3 Å². The van der Waals surface area contributed by atoms with Crippen molar-refractivity contribution in [1.29, 1.82) is 0 Å². The zero-order chi connectivity index (χ0) is 21.6. The van der Waals surface area contributed by atoms with E-state index in [1.165, 1.54) is 29.2 Å². The third-order valence-corrected chi connectivity index (χ3v) is 6.72. The maximum absolute atomic E-state index is 13.0. The van der Waals surface area contributed by atoms with Crippen LogP contribution in [0.2, 0.25) is 0 Å². The summed E-state index contributed by atoms with van der Waals surface area (Å²) in [6, 6.07) is 14.9. The maximum atomic E-state index is 13.0. The lowest BCUT2D eigenvalue weighted by atomic mass is 10.1. The van der Waals surface area contributed by atoms with Crippen LogP contribution in [0.25, 0.3) is 0 Å². The summed E-state index contributed by atoms with van der Waals surface area (Å²) in [4.78, 5) is 28.0. The molecule has 2 aromatic rings. The molecule has 0 spiro atoms. The normalized spacial score (nSPS) is 14.6. The van der Waals surface area contributed by atoms with Crippen LogP contribution in [0.4, 0.5) is 4.39 Å². The Labute approximate surface area is 176 Å². The first-order valence-electron chi connectivity index (χ1n) is 9.91. The highest BCUT2D eigenvalue weighted by Gasteiger charge is 2.27. The molecule has 0 unspecified atom stereocenters. The van der Waals surface area contributed by atoms with Gasteiger partial charge in [0.2, 0.25) is 5.91 Å². The molecule has 1 aliphatic rings. The zero-order valence-corrected chi connectivity index (χ0v) is 17.5. The van der Waals surface area contributed by atoms with Gasteiger partial charge in [-0.2, -0.15) is 0 Å². The number of nitrogens with zero attached hydrogens (tertiary/aromatic N) is 2. The van der Waals surface area contributed by atoms with E-state index in [1.54, 1.807) is 4.90 Å². The topological polar surface area (TPSA) is 74.8 Å². The molecule has 30 heavy (non-hydrogen) atoms. The van der Waals surface area contributed by atoms with E-state index >= 15 is 0 Å². The van der Waals surface area contributed by atoms with E-state index in [0.717, 1.165) is 5.56 Å². The molecule has 0 N–H and O–H groups in total. The lowest BCUT2D eigenvalue weighted by molar-refractivity contribution is -0.129. The van der Waals surface area contributed by atoms with Gasteiger partial charge in [-0.05, 0) is 42.7 Å². The number of carbonyl (C=O) groups is 2. The minimum atomic E-state index is -3.48. The second-order valence-electron chi connectivity index (χ2n) is 7.36. The van der Waals surface area contributed by atoms with Crippen molar-refractivity contribution in [3.05, 3.63) is 71.5 Å². The highest BCUT2D eigenvalue weighted by atomic mass is 32.2. The molecule has 2 amide bonds. The first-order valence-corrected chi connectivity index (χ1v) is 11.7. The first-order chi connectivity index (χ1) is 14.3. The van der Waals surface area contributed by atoms with Gasteiger partial charge >= 0.3 is 0 Å². The third kappa shape index (κ3) is 6.13. The Balaban J connectivity index is 1.45. The SMILES string of the molecule is O=C(CS(=O)(=O)CCCc1ccccc1)N1CCN(C(=O)c2ccc(F)cc2)CC1. The number of carbonyl (C=O) groups excluding carboxylic acids is 2. The maximum Gasteiger partial charge on any atom is 0.253 e. The van der Waals surface area contributed by atoms with Crippen molar-refractivity contribution in [2.24, 2.45) is 0 Å². The predicted octanol–water partition coefficient (Wildman–Crippen LogP) is 2.16. The molecular formula is C22H25FN2O4S.